The van der Waals surface area contributed by atoms with Crippen LogP contribution in [0.4, 0.5) is 0 Å². The average Bonchev–Trinajstić information content (AvgIpc) is 2.68. The van der Waals surface area contributed by atoms with Crippen LogP contribution in [0.5, 0.6) is 0 Å². The monoisotopic (exact) mass is 214 g/mol. The van der Waals surface area contributed by atoms with Gasteiger partial charge in [0.1, 0.15) is 12.1 Å². The highest BCUT2D eigenvalue weighted by Crippen LogP contribution is 2.14. The largest absolute Gasteiger partial charge is 0.338 e. The fourth-order valence-electron chi connectivity index (χ4n) is 1.69. The minimum absolute atomic E-state index is 0.717. The van der Waals surface area contributed by atoms with Crippen molar-refractivity contribution in [3.8, 4) is 0 Å². The van der Waals surface area contributed by atoms with Crippen molar-refractivity contribution in [2.24, 2.45) is 7.05 Å². The Balaban J connectivity index is 2.34. The number of carbonyl (C=O) groups excluding carboxylic acids is 1. The first-order valence-electron chi connectivity index (χ1n) is 5.21. The fourth-order valence-corrected chi connectivity index (χ4v) is 1.69. The molecule has 0 aliphatic rings. The molecule has 1 aromatic carbocycles. The Hall–Kier alpha value is -1.90. The lowest BCUT2D eigenvalue weighted by atomic mass is 10.0. The maximum absolute atomic E-state index is 10.7. The SMILES string of the molecule is Cc1ccc(C=O)cc1Cc1nccn1C. The number of aromatic nitrogens is 2. The third-order valence-electron chi connectivity index (χ3n) is 2.78. The molecule has 0 saturated carbocycles. The summed E-state index contributed by atoms with van der Waals surface area (Å²) in [5, 5.41) is 0. The summed E-state index contributed by atoms with van der Waals surface area (Å²) in [6.45, 7) is 2.05. The van der Waals surface area contributed by atoms with Gasteiger partial charge in [-0.2, -0.15) is 0 Å². The van der Waals surface area contributed by atoms with Gasteiger partial charge in [0.25, 0.3) is 0 Å². The summed E-state index contributed by atoms with van der Waals surface area (Å²) < 4.78 is 1.99. The van der Waals surface area contributed by atoms with Crippen LogP contribution in [-0.2, 0) is 13.5 Å². The predicted octanol–water partition coefficient (Wildman–Crippen LogP) is 2.13. The van der Waals surface area contributed by atoms with Crippen LogP contribution in [0.3, 0.4) is 0 Å². The van der Waals surface area contributed by atoms with Crippen LogP contribution in [-0.4, -0.2) is 15.8 Å². The summed E-state index contributed by atoms with van der Waals surface area (Å²) in [4.78, 5) is 15.0. The van der Waals surface area contributed by atoms with E-state index in [4.69, 9.17) is 0 Å². The van der Waals surface area contributed by atoms with Gasteiger partial charge in [-0.1, -0.05) is 12.1 Å². The Morgan fingerprint density at radius 3 is 2.88 bits per heavy atom. The number of hydrogen-bond donors (Lipinski definition) is 0. The lowest BCUT2D eigenvalue weighted by Gasteiger charge is -2.06. The Morgan fingerprint density at radius 2 is 2.25 bits per heavy atom. The van der Waals surface area contributed by atoms with Gasteiger partial charge in [0.05, 0.1) is 0 Å². The van der Waals surface area contributed by atoms with Crippen molar-refractivity contribution in [1.82, 2.24) is 9.55 Å². The third-order valence-corrected chi connectivity index (χ3v) is 2.78. The second-order valence-corrected chi connectivity index (χ2v) is 3.93. The molecular weight excluding hydrogens is 200 g/mol. The Morgan fingerprint density at radius 1 is 1.44 bits per heavy atom. The van der Waals surface area contributed by atoms with Crippen LogP contribution in [0, 0.1) is 6.92 Å². The maximum Gasteiger partial charge on any atom is 0.150 e. The molecule has 0 saturated heterocycles. The molecule has 1 aromatic heterocycles. The lowest BCUT2D eigenvalue weighted by molar-refractivity contribution is 0.112. The summed E-state index contributed by atoms with van der Waals surface area (Å²) in [6.07, 6.45) is 5.35. The number of benzene rings is 1. The zero-order valence-electron chi connectivity index (χ0n) is 9.47. The van der Waals surface area contributed by atoms with Gasteiger partial charge in [-0.25, -0.2) is 4.98 Å². The van der Waals surface area contributed by atoms with E-state index in [0.29, 0.717) is 0 Å². The molecule has 0 N–H and O–H groups in total. The van der Waals surface area contributed by atoms with Gasteiger partial charge in [0.2, 0.25) is 0 Å². The summed E-state index contributed by atoms with van der Waals surface area (Å²) in [5.74, 6) is 1.01. The third kappa shape index (κ3) is 2.03. The Kier molecular flexibility index (Phi) is 2.86. The number of carbonyl (C=O) groups is 1. The van der Waals surface area contributed by atoms with Crippen molar-refractivity contribution >= 4 is 6.29 Å². The van der Waals surface area contributed by atoms with Crippen molar-refractivity contribution < 1.29 is 4.79 Å². The molecular formula is C13H14N2O. The highest BCUT2D eigenvalue weighted by Gasteiger charge is 2.05. The van der Waals surface area contributed by atoms with Gasteiger partial charge in [-0.15, -0.1) is 0 Å². The van der Waals surface area contributed by atoms with Gasteiger partial charge < -0.3 is 4.57 Å². The van der Waals surface area contributed by atoms with E-state index in [9.17, 15) is 4.79 Å². The van der Waals surface area contributed by atoms with Crippen molar-refractivity contribution in [2.45, 2.75) is 13.3 Å². The summed E-state index contributed by atoms with van der Waals surface area (Å²) in [6, 6.07) is 5.74. The molecule has 2 aromatic rings. The topological polar surface area (TPSA) is 34.9 Å². The minimum Gasteiger partial charge on any atom is -0.338 e. The van der Waals surface area contributed by atoms with Gasteiger partial charge in [0.15, 0.2) is 0 Å². The van der Waals surface area contributed by atoms with Gasteiger partial charge in [-0.05, 0) is 24.1 Å². The normalized spacial score (nSPS) is 10.4. The standard InChI is InChI=1S/C13H14N2O/c1-10-3-4-11(9-16)7-12(10)8-13-14-5-6-15(13)2/h3-7,9H,8H2,1-2H3. The summed E-state index contributed by atoms with van der Waals surface area (Å²) >= 11 is 0. The highest BCUT2D eigenvalue weighted by molar-refractivity contribution is 5.75. The second-order valence-electron chi connectivity index (χ2n) is 3.93. The van der Waals surface area contributed by atoms with Crippen molar-refractivity contribution in [1.29, 1.82) is 0 Å². The molecule has 0 atom stereocenters. The van der Waals surface area contributed by atoms with Gasteiger partial charge >= 0.3 is 0 Å². The smallest absolute Gasteiger partial charge is 0.150 e. The molecule has 3 heteroatoms. The van der Waals surface area contributed by atoms with Crippen molar-refractivity contribution in [2.75, 3.05) is 0 Å². The Bertz CT molecular complexity index is 514. The van der Waals surface area contributed by atoms with Crippen LogP contribution in [0.15, 0.2) is 30.6 Å². The zero-order valence-corrected chi connectivity index (χ0v) is 9.47. The van der Waals surface area contributed by atoms with E-state index in [-0.39, 0.29) is 0 Å². The molecule has 3 nitrogen and oxygen atoms in total. The zero-order chi connectivity index (χ0) is 11.5. The number of hydrogen-bond acceptors (Lipinski definition) is 2. The molecule has 1 heterocycles. The van der Waals surface area contributed by atoms with E-state index < -0.39 is 0 Å². The number of nitrogens with zero attached hydrogens (tertiary/aromatic N) is 2. The quantitative estimate of drug-likeness (QED) is 0.734. The number of rotatable bonds is 3. The van der Waals surface area contributed by atoms with E-state index in [1.165, 1.54) is 5.56 Å². The van der Waals surface area contributed by atoms with E-state index in [0.717, 1.165) is 29.7 Å². The van der Waals surface area contributed by atoms with Crippen LogP contribution in [0.25, 0.3) is 0 Å². The fraction of sp³-hybridized carbons (Fsp3) is 0.231. The van der Waals surface area contributed by atoms with E-state index in [1.54, 1.807) is 6.20 Å². The molecule has 82 valence electrons. The molecule has 0 radical (unpaired) electrons. The molecule has 0 amide bonds. The number of imidazole rings is 1. The molecule has 0 fully saturated rings. The van der Waals surface area contributed by atoms with Gasteiger partial charge in [0, 0.05) is 31.4 Å². The predicted molar refractivity (Wildman–Crippen MR) is 62.6 cm³/mol. The van der Waals surface area contributed by atoms with E-state index >= 15 is 0 Å². The van der Waals surface area contributed by atoms with Crippen LogP contribution in [0.2, 0.25) is 0 Å². The number of aryl methyl sites for hydroxylation is 2. The minimum atomic E-state index is 0.717. The van der Waals surface area contributed by atoms with Crippen LogP contribution >= 0.6 is 0 Å². The summed E-state index contributed by atoms with van der Waals surface area (Å²) in [7, 11) is 1.97. The van der Waals surface area contributed by atoms with Crippen molar-refractivity contribution in [3.05, 3.63) is 53.1 Å². The van der Waals surface area contributed by atoms with Crippen molar-refractivity contribution in [3.63, 3.8) is 0 Å². The molecule has 0 bridgehead atoms. The number of aldehydes is 1. The highest BCUT2D eigenvalue weighted by atomic mass is 16.1. The molecule has 0 unspecified atom stereocenters. The lowest BCUT2D eigenvalue weighted by Crippen LogP contribution is -2.00. The Labute approximate surface area is 94.7 Å². The molecule has 2 rings (SSSR count). The van der Waals surface area contributed by atoms with E-state index in [1.807, 2.05) is 42.9 Å². The van der Waals surface area contributed by atoms with Crippen LogP contribution in [0.1, 0.15) is 27.3 Å². The summed E-state index contributed by atoms with van der Waals surface area (Å²) in [5.41, 5.74) is 3.06. The van der Waals surface area contributed by atoms with Gasteiger partial charge in [-0.3, -0.25) is 4.79 Å². The maximum atomic E-state index is 10.7. The second kappa shape index (κ2) is 4.31. The molecule has 0 aliphatic carbocycles. The first kappa shape index (κ1) is 10.6. The average molecular weight is 214 g/mol. The first-order valence-corrected chi connectivity index (χ1v) is 5.21. The molecule has 0 spiro atoms. The first-order chi connectivity index (χ1) is 7.70. The molecule has 0 aliphatic heterocycles. The molecule has 16 heavy (non-hydrogen) atoms. The van der Waals surface area contributed by atoms with E-state index in [2.05, 4.69) is 4.98 Å². The van der Waals surface area contributed by atoms with Crippen LogP contribution < -0.4 is 0 Å².